The minimum absolute atomic E-state index is 0.0740. The average Bonchev–Trinajstić information content (AvgIpc) is 2.94. The van der Waals surface area contributed by atoms with Gasteiger partial charge in [0.25, 0.3) is 11.9 Å². The summed E-state index contributed by atoms with van der Waals surface area (Å²) in [4.78, 5) is 17.0. The van der Waals surface area contributed by atoms with E-state index < -0.39 is 0 Å². The molecule has 0 aliphatic carbocycles. The van der Waals surface area contributed by atoms with E-state index in [1.807, 2.05) is 11.8 Å². The number of carbonyl (C=O) groups excluding carboxylic acids is 1. The Balaban J connectivity index is 1.59. The van der Waals surface area contributed by atoms with Crippen LogP contribution in [0.25, 0.3) is 0 Å². The van der Waals surface area contributed by atoms with Gasteiger partial charge in [-0.25, -0.2) is 0 Å². The summed E-state index contributed by atoms with van der Waals surface area (Å²) < 4.78 is 16.8. The summed E-state index contributed by atoms with van der Waals surface area (Å²) in [5, 5.41) is 0. The van der Waals surface area contributed by atoms with Gasteiger partial charge < -0.3 is 23.7 Å². The van der Waals surface area contributed by atoms with Crippen LogP contribution in [-0.4, -0.2) is 67.7 Å². The van der Waals surface area contributed by atoms with Crippen molar-refractivity contribution in [2.24, 2.45) is 0 Å². The average molecular weight is 336 g/mol. The Hall–Kier alpha value is -1.53. The lowest BCUT2D eigenvalue weighted by atomic mass is 10.1. The summed E-state index contributed by atoms with van der Waals surface area (Å²) in [6, 6.07) is 3.40. The van der Waals surface area contributed by atoms with Crippen molar-refractivity contribution in [1.29, 1.82) is 0 Å². The molecule has 1 aromatic rings. The van der Waals surface area contributed by atoms with Gasteiger partial charge in [-0.1, -0.05) is 6.42 Å². The molecule has 6 nitrogen and oxygen atoms in total. The molecule has 1 atom stereocenters. The van der Waals surface area contributed by atoms with Crippen LogP contribution in [-0.2, 0) is 4.74 Å². The first-order valence-electron chi connectivity index (χ1n) is 9.12. The molecule has 0 saturated carbocycles. The van der Waals surface area contributed by atoms with Crippen LogP contribution in [0.3, 0.4) is 0 Å². The van der Waals surface area contributed by atoms with Gasteiger partial charge in [0.15, 0.2) is 5.76 Å². The Kier molecular flexibility index (Phi) is 6.15. The highest BCUT2D eigenvalue weighted by molar-refractivity contribution is 5.91. The van der Waals surface area contributed by atoms with Crippen molar-refractivity contribution >= 4 is 5.91 Å². The maximum Gasteiger partial charge on any atom is 0.289 e. The normalized spacial score (nSPS) is 23.0. The lowest BCUT2D eigenvalue weighted by molar-refractivity contribution is 0.0210. The fraction of sp³-hybridized carbons (Fsp3) is 0.722. The highest BCUT2D eigenvalue weighted by Gasteiger charge is 2.27. The zero-order chi connectivity index (χ0) is 16.8. The monoisotopic (exact) mass is 336 g/mol. The second kappa shape index (κ2) is 8.53. The van der Waals surface area contributed by atoms with Gasteiger partial charge in [0.05, 0.1) is 12.7 Å². The summed E-state index contributed by atoms with van der Waals surface area (Å²) in [5.41, 5.74) is 0. The van der Waals surface area contributed by atoms with E-state index in [1.165, 1.54) is 19.3 Å². The van der Waals surface area contributed by atoms with E-state index in [2.05, 4.69) is 4.90 Å². The van der Waals surface area contributed by atoms with Gasteiger partial charge >= 0.3 is 0 Å². The number of piperidine rings is 1. The highest BCUT2D eigenvalue weighted by atomic mass is 16.6. The summed E-state index contributed by atoms with van der Waals surface area (Å²) in [6.07, 6.45) is 4.80. The van der Waals surface area contributed by atoms with Gasteiger partial charge in [-0.15, -0.1) is 0 Å². The van der Waals surface area contributed by atoms with E-state index in [0.29, 0.717) is 38.0 Å². The van der Waals surface area contributed by atoms with Gasteiger partial charge in [-0.3, -0.25) is 4.79 Å². The van der Waals surface area contributed by atoms with Gasteiger partial charge in [-0.2, -0.15) is 0 Å². The first kappa shape index (κ1) is 17.3. The van der Waals surface area contributed by atoms with E-state index in [-0.39, 0.29) is 12.0 Å². The minimum Gasteiger partial charge on any atom is -0.465 e. The quantitative estimate of drug-likeness (QED) is 0.826. The third kappa shape index (κ3) is 4.51. The number of furan rings is 1. The summed E-state index contributed by atoms with van der Waals surface area (Å²) in [5.74, 6) is 0.670. The number of rotatable bonds is 5. The van der Waals surface area contributed by atoms with Crippen molar-refractivity contribution in [2.75, 3.05) is 45.9 Å². The number of hydrogen-bond donors (Lipinski definition) is 0. The third-order valence-electron chi connectivity index (χ3n) is 4.63. The fourth-order valence-electron chi connectivity index (χ4n) is 3.43. The molecule has 2 fully saturated rings. The van der Waals surface area contributed by atoms with Crippen molar-refractivity contribution in [3.63, 3.8) is 0 Å². The smallest absolute Gasteiger partial charge is 0.289 e. The lowest BCUT2D eigenvalue weighted by Gasteiger charge is -2.31. The molecule has 3 heterocycles. The van der Waals surface area contributed by atoms with Gasteiger partial charge in [0.1, 0.15) is 0 Å². The van der Waals surface area contributed by atoms with Crippen LogP contribution >= 0.6 is 0 Å². The molecule has 134 valence electrons. The fourth-order valence-corrected chi connectivity index (χ4v) is 3.43. The number of likely N-dealkylation sites (tertiary alicyclic amines) is 1. The molecule has 0 aromatic carbocycles. The van der Waals surface area contributed by atoms with E-state index in [0.717, 1.165) is 26.1 Å². The first-order valence-corrected chi connectivity index (χ1v) is 9.12. The Labute approximate surface area is 143 Å². The molecule has 24 heavy (non-hydrogen) atoms. The Morgan fingerprint density at radius 2 is 2.04 bits per heavy atom. The maximum absolute atomic E-state index is 12.7. The number of hydrogen-bond acceptors (Lipinski definition) is 5. The molecule has 0 spiro atoms. The number of amides is 1. The van der Waals surface area contributed by atoms with Gasteiger partial charge in [-0.05, 0) is 45.3 Å². The Morgan fingerprint density at radius 1 is 1.21 bits per heavy atom. The van der Waals surface area contributed by atoms with Crippen LogP contribution < -0.4 is 4.74 Å². The molecular weight excluding hydrogens is 308 g/mol. The molecule has 2 aliphatic rings. The summed E-state index contributed by atoms with van der Waals surface area (Å²) in [6.45, 7) is 7.65. The third-order valence-corrected chi connectivity index (χ3v) is 4.63. The molecule has 3 rings (SSSR count). The zero-order valence-electron chi connectivity index (χ0n) is 14.5. The van der Waals surface area contributed by atoms with Crippen LogP contribution in [0.4, 0.5) is 0 Å². The van der Waals surface area contributed by atoms with E-state index in [1.54, 1.807) is 12.1 Å². The van der Waals surface area contributed by atoms with Crippen molar-refractivity contribution in [2.45, 2.75) is 38.7 Å². The van der Waals surface area contributed by atoms with Crippen molar-refractivity contribution in [1.82, 2.24) is 9.80 Å². The Morgan fingerprint density at radius 3 is 2.83 bits per heavy atom. The van der Waals surface area contributed by atoms with Crippen LogP contribution in [0.15, 0.2) is 16.5 Å². The molecular formula is C18H28N2O4. The summed E-state index contributed by atoms with van der Waals surface area (Å²) in [7, 11) is 0. The maximum atomic E-state index is 12.7. The first-order chi connectivity index (χ1) is 11.8. The molecule has 2 saturated heterocycles. The molecule has 6 heteroatoms. The van der Waals surface area contributed by atoms with E-state index in [4.69, 9.17) is 13.9 Å². The van der Waals surface area contributed by atoms with Gasteiger partial charge in [0, 0.05) is 32.3 Å². The SMILES string of the molecule is CCOc1ccc(C(=O)N2CCCO[C@H](CN3CCCCC3)C2)o1. The van der Waals surface area contributed by atoms with Crippen LogP contribution in [0, 0.1) is 0 Å². The summed E-state index contributed by atoms with van der Waals surface area (Å²) >= 11 is 0. The minimum atomic E-state index is -0.0740. The van der Waals surface area contributed by atoms with Crippen molar-refractivity contribution in [3.8, 4) is 5.95 Å². The molecule has 0 bridgehead atoms. The molecule has 1 aromatic heterocycles. The van der Waals surface area contributed by atoms with Crippen molar-refractivity contribution in [3.05, 3.63) is 17.9 Å². The topological polar surface area (TPSA) is 55.1 Å². The second-order valence-corrected chi connectivity index (χ2v) is 6.51. The van der Waals surface area contributed by atoms with E-state index in [9.17, 15) is 4.79 Å². The number of nitrogens with zero attached hydrogens (tertiary/aromatic N) is 2. The largest absolute Gasteiger partial charge is 0.465 e. The molecule has 1 amide bonds. The van der Waals surface area contributed by atoms with Gasteiger partial charge in [0.2, 0.25) is 0 Å². The van der Waals surface area contributed by atoms with Crippen LogP contribution in [0.2, 0.25) is 0 Å². The van der Waals surface area contributed by atoms with Crippen molar-refractivity contribution < 1.29 is 18.7 Å². The predicted molar refractivity (Wildman–Crippen MR) is 90.4 cm³/mol. The van der Waals surface area contributed by atoms with Crippen LogP contribution in [0.1, 0.15) is 43.2 Å². The Bertz CT molecular complexity index is 525. The number of ether oxygens (including phenoxy) is 2. The predicted octanol–water partition coefficient (Wildman–Crippen LogP) is 2.40. The van der Waals surface area contributed by atoms with Crippen LogP contribution in [0.5, 0.6) is 5.95 Å². The zero-order valence-corrected chi connectivity index (χ0v) is 14.5. The van der Waals surface area contributed by atoms with E-state index >= 15 is 0 Å². The molecule has 2 aliphatic heterocycles. The molecule has 0 radical (unpaired) electrons. The highest BCUT2D eigenvalue weighted by Crippen LogP contribution is 2.19. The standard InChI is InChI=1S/C18H28N2O4/c1-2-22-17-8-7-16(24-17)18(21)20-11-6-12-23-15(14-20)13-19-9-4-3-5-10-19/h7-8,15H,2-6,9-14H2,1H3/t15-/m1/s1. The number of carbonyl (C=O) groups is 1. The molecule has 0 N–H and O–H groups in total. The molecule has 0 unspecified atom stereocenters. The second-order valence-electron chi connectivity index (χ2n) is 6.51. The lowest BCUT2D eigenvalue weighted by Crippen LogP contribution is -2.43.